The molecule has 0 amide bonds. The van der Waals surface area contributed by atoms with E-state index >= 15 is 0 Å². The van der Waals surface area contributed by atoms with E-state index in [0.717, 1.165) is 0 Å². The van der Waals surface area contributed by atoms with Gasteiger partial charge in [-0.15, -0.1) is 23.2 Å². The van der Waals surface area contributed by atoms with Crippen LogP contribution in [0.4, 0.5) is 0 Å². The molecule has 0 bridgehead atoms. The van der Waals surface area contributed by atoms with Crippen LogP contribution in [0.25, 0.3) is 0 Å². The van der Waals surface area contributed by atoms with E-state index in [1.165, 1.54) is 0 Å². The Morgan fingerprint density at radius 2 is 1.44 bits per heavy atom. The van der Waals surface area contributed by atoms with E-state index in [9.17, 15) is 0 Å². The Balaban J connectivity index is 0. The molecule has 9 heavy (non-hydrogen) atoms. The minimum atomic E-state index is -0.568. The van der Waals surface area contributed by atoms with Crippen LogP contribution in [-0.4, -0.2) is 36.0 Å². The number of rotatable bonds is 3. The third kappa shape index (κ3) is 28.5. The molecule has 0 unspecified atom stereocenters. The molecule has 0 aromatic carbocycles. The molecule has 0 aliphatic rings. The lowest BCUT2D eigenvalue weighted by Crippen LogP contribution is -1.93. The van der Waals surface area contributed by atoms with Crippen LogP contribution < -0.4 is 0 Å². The highest BCUT2D eigenvalue weighted by Crippen LogP contribution is 1.75. The Bertz CT molecular complexity index is 35.7. The van der Waals surface area contributed by atoms with Crippen LogP contribution in [0.5, 0.6) is 0 Å². The summed E-state index contributed by atoms with van der Waals surface area (Å²) in [6, 6.07) is 0. The van der Waals surface area contributed by atoms with Crippen molar-refractivity contribution >= 4 is 33.2 Å². The van der Waals surface area contributed by atoms with Crippen LogP contribution in [0.3, 0.4) is 0 Å². The van der Waals surface area contributed by atoms with Crippen LogP contribution >= 0.6 is 23.2 Å². The average molecular weight is 191 g/mol. The summed E-state index contributed by atoms with van der Waals surface area (Å²) in [6.07, 6.45) is 0. The van der Waals surface area contributed by atoms with Gasteiger partial charge in [0.1, 0.15) is 0 Å². The van der Waals surface area contributed by atoms with Crippen molar-refractivity contribution in [2.75, 3.05) is 26.0 Å². The second kappa shape index (κ2) is 15.9. The Morgan fingerprint density at radius 1 is 1.11 bits per heavy atom. The molecule has 58 valence electrons. The molecule has 0 saturated carbocycles. The minimum absolute atomic E-state index is 0.557. The topological polar surface area (TPSA) is 18.5 Å². The van der Waals surface area contributed by atoms with Gasteiger partial charge in [-0.2, -0.15) is 0 Å². The Labute approximate surface area is 68.5 Å². The van der Waals surface area contributed by atoms with Gasteiger partial charge in [-0.25, -0.2) is 0 Å². The summed E-state index contributed by atoms with van der Waals surface area (Å²) in [7, 11) is 2.73. The highest BCUT2D eigenvalue weighted by Gasteiger charge is 1.67. The smallest absolute Gasteiger partial charge is 0.303 e. The fourth-order valence-electron chi connectivity index (χ4n) is 0.118. The second-order valence-electron chi connectivity index (χ2n) is 1.07. The fraction of sp³-hybridized carbons (Fsp3) is 1.00. The van der Waals surface area contributed by atoms with Crippen molar-refractivity contribution in [2.24, 2.45) is 0 Å². The standard InChI is InChI=1S/C2H4Cl2.C2H8O2Si/c3-1-2-4;1-3-5-4-2/h1-2H2;5H2,1-2H3. The van der Waals surface area contributed by atoms with Crippen molar-refractivity contribution in [1.82, 2.24) is 0 Å². The quantitative estimate of drug-likeness (QED) is 0.484. The van der Waals surface area contributed by atoms with Gasteiger partial charge in [-0.05, 0) is 0 Å². The van der Waals surface area contributed by atoms with Crippen molar-refractivity contribution < 1.29 is 8.85 Å². The molecule has 0 aromatic heterocycles. The first-order valence-corrected chi connectivity index (χ1v) is 4.65. The van der Waals surface area contributed by atoms with Gasteiger partial charge in [-0.3, -0.25) is 0 Å². The molecule has 0 aliphatic heterocycles. The van der Waals surface area contributed by atoms with Gasteiger partial charge in [0.05, 0.1) is 0 Å². The maximum absolute atomic E-state index is 5.05. The van der Waals surface area contributed by atoms with Gasteiger partial charge in [0.15, 0.2) is 0 Å². The van der Waals surface area contributed by atoms with Crippen LogP contribution in [0.2, 0.25) is 0 Å². The first kappa shape index (κ1) is 12.4. The lowest BCUT2D eigenvalue weighted by molar-refractivity contribution is 0.309. The van der Waals surface area contributed by atoms with Crippen LogP contribution in [-0.2, 0) is 8.85 Å². The minimum Gasteiger partial charge on any atom is -0.402 e. The monoisotopic (exact) mass is 190 g/mol. The summed E-state index contributed by atoms with van der Waals surface area (Å²) < 4.78 is 9.22. The molecule has 0 aliphatic carbocycles. The number of halogens is 2. The molecule has 0 heterocycles. The lowest BCUT2D eigenvalue weighted by atomic mass is 11.0. The number of alkyl halides is 2. The fourth-order valence-corrected chi connectivity index (χ4v) is 0.354. The average Bonchev–Trinajstić information content (AvgIpc) is 1.91. The lowest BCUT2D eigenvalue weighted by Gasteiger charge is -1.86. The van der Waals surface area contributed by atoms with E-state index in [1.807, 2.05) is 0 Å². The molecule has 0 fully saturated rings. The summed E-state index contributed by atoms with van der Waals surface area (Å²) >= 11 is 10.1. The van der Waals surface area contributed by atoms with Crippen molar-refractivity contribution in [1.29, 1.82) is 0 Å². The second-order valence-corrected chi connectivity index (χ2v) is 3.22. The maximum atomic E-state index is 5.05. The van der Waals surface area contributed by atoms with E-state index < -0.39 is 10.0 Å². The predicted molar refractivity (Wildman–Crippen MR) is 44.0 cm³/mol. The molecule has 0 rings (SSSR count). The number of hydrogen-bond donors (Lipinski definition) is 0. The molecule has 0 atom stereocenters. The molecule has 0 spiro atoms. The first-order chi connectivity index (χ1) is 4.33. The molecule has 0 saturated heterocycles. The normalized spacial score (nSPS) is 8.00. The first-order valence-electron chi connectivity index (χ1n) is 2.43. The summed E-state index contributed by atoms with van der Waals surface area (Å²) in [6.45, 7) is 0. The molecule has 2 nitrogen and oxygen atoms in total. The molecular formula is C4H12Cl2O2Si. The molecule has 5 heteroatoms. The van der Waals surface area contributed by atoms with Crippen molar-refractivity contribution in [3.63, 3.8) is 0 Å². The van der Waals surface area contributed by atoms with Gasteiger partial charge < -0.3 is 8.85 Å². The Kier molecular flexibility index (Phi) is 21.9. The molecule has 0 N–H and O–H groups in total. The Hall–Kier alpha value is 0.717. The highest BCUT2D eigenvalue weighted by molar-refractivity contribution is 6.25. The summed E-state index contributed by atoms with van der Waals surface area (Å²) in [5, 5.41) is 0. The molecule has 0 aromatic rings. The summed E-state index contributed by atoms with van der Waals surface area (Å²) in [5.74, 6) is 1.11. The van der Waals surface area contributed by atoms with Crippen molar-refractivity contribution in [3.8, 4) is 0 Å². The van der Waals surface area contributed by atoms with E-state index in [4.69, 9.17) is 23.2 Å². The third-order valence-corrected chi connectivity index (χ3v) is 1.35. The number of hydrogen-bond acceptors (Lipinski definition) is 2. The third-order valence-electron chi connectivity index (χ3n) is 0.307. The van der Waals surface area contributed by atoms with Crippen LogP contribution in [0, 0.1) is 0 Å². The van der Waals surface area contributed by atoms with Gasteiger partial charge in [0.25, 0.3) is 0 Å². The predicted octanol–water partition coefficient (Wildman–Crippen LogP) is 0.742. The Morgan fingerprint density at radius 3 is 1.44 bits per heavy atom. The zero-order chi connectivity index (χ0) is 7.54. The SMILES string of the molecule is CO[SiH2]OC.ClCCCl. The van der Waals surface area contributed by atoms with Crippen LogP contribution in [0.15, 0.2) is 0 Å². The van der Waals surface area contributed by atoms with E-state index in [2.05, 4.69) is 8.85 Å². The van der Waals surface area contributed by atoms with E-state index in [1.54, 1.807) is 14.2 Å². The maximum Gasteiger partial charge on any atom is 0.303 e. The summed E-state index contributed by atoms with van der Waals surface area (Å²) in [5.41, 5.74) is 0. The van der Waals surface area contributed by atoms with Gasteiger partial charge >= 0.3 is 10.0 Å². The highest BCUT2D eigenvalue weighted by atomic mass is 35.5. The van der Waals surface area contributed by atoms with Gasteiger partial charge in [-0.1, -0.05) is 0 Å². The van der Waals surface area contributed by atoms with Crippen molar-refractivity contribution in [2.45, 2.75) is 0 Å². The van der Waals surface area contributed by atoms with Crippen LogP contribution in [0.1, 0.15) is 0 Å². The van der Waals surface area contributed by atoms with Gasteiger partial charge in [0.2, 0.25) is 0 Å². The van der Waals surface area contributed by atoms with E-state index in [-0.39, 0.29) is 0 Å². The molecule has 0 radical (unpaired) electrons. The van der Waals surface area contributed by atoms with E-state index in [0.29, 0.717) is 11.8 Å². The zero-order valence-electron chi connectivity index (χ0n) is 5.69. The summed E-state index contributed by atoms with van der Waals surface area (Å²) in [4.78, 5) is 0. The zero-order valence-corrected chi connectivity index (χ0v) is 8.62. The van der Waals surface area contributed by atoms with Gasteiger partial charge in [0, 0.05) is 26.0 Å². The molecular weight excluding hydrogens is 179 g/mol. The largest absolute Gasteiger partial charge is 0.402 e. The van der Waals surface area contributed by atoms with Crippen molar-refractivity contribution in [3.05, 3.63) is 0 Å².